The molecule has 0 bridgehead atoms. The van der Waals surface area contributed by atoms with Gasteiger partial charge in [0.15, 0.2) is 0 Å². The van der Waals surface area contributed by atoms with Crippen molar-refractivity contribution in [2.24, 2.45) is 11.8 Å². The summed E-state index contributed by atoms with van der Waals surface area (Å²) < 4.78 is 0. The normalized spacial score (nSPS) is 20.1. The summed E-state index contributed by atoms with van der Waals surface area (Å²) in [4.78, 5) is 48.1. The van der Waals surface area contributed by atoms with Crippen LogP contribution in [-0.4, -0.2) is 45.2 Å². The van der Waals surface area contributed by atoms with Crippen molar-refractivity contribution in [1.82, 2.24) is 20.5 Å². The van der Waals surface area contributed by atoms with E-state index in [0.717, 1.165) is 11.1 Å². The number of fused-ring (bicyclic) bond motifs is 1. The zero-order valence-electron chi connectivity index (χ0n) is 24.6. The van der Waals surface area contributed by atoms with Crippen molar-refractivity contribution in [2.45, 2.75) is 77.5 Å². The van der Waals surface area contributed by atoms with Crippen LogP contribution in [0.2, 0.25) is 0 Å². The Balaban J connectivity index is 1.55. The van der Waals surface area contributed by atoms with Crippen LogP contribution in [0, 0.1) is 11.8 Å². The number of carbonyl (C=O) groups excluding carboxylic acids is 3. The second-order valence-corrected chi connectivity index (χ2v) is 12.8. The molecule has 3 atom stereocenters. The fraction of sp³-hybridized carbons (Fsp3) is 0.412. The standard InChI is InChI=1S/C34H40N4O3/c1-21(2)17-28-31(39)36-29(27-18-24-9-6-7-10-25(24)19-27)33(41)38(28)30(32(40)37-34(3,4)5)23-14-12-22(13-15-23)26-11-8-16-35-20-26/h6-16,20-21,27-30H,17-19H2,1-5H3,(H,36,39)(H,37,40)/t28-,29?,30-/m1/s1. The van der Waals surface area contributed by atoms with Crippen LogP contribution in [0.1, 0.15) is 63.8 Å². The van der Waals surface area contributed by atoms with E-state index in [1.54, 1.807) is 17.3 Å². The van der Waals surface area contributed by atoms with Gasteiger partial charge in [0.05, 0.1) is 0 Å². The van der Waals surface area contributed by atoms with Crippen LogP contribution >= 0.6 is 0 Å². The molecule has 1 unspecified atom stereocenters. The highest BCUT2D eigenvalue weighted by molar-refractivity contribution is 6.00. The Morgan fingerprint density at radius 2 is 1.63 bits per heavy atom. The van der Waals surface area contributed by atoms with E-state index in [2.05, 4.69) is 27.8 Å². The first kappa shape index (κ1) is 28.5. The Kier molecular flexibility index (Phi) is 7.98. The number of nitrogens with one attached hydrogen (secondary N) is 2. The first-order valence-electron chi connectivity index (χ1n) is 14.5. The number of amides is 3. The van der Waals surface area contributed by atoms with Gasteiger partial charge in [0.1, 0.15) is 18.1 Å². The lowest BCUT2D eigenvalue weighted by Crippen LogP contribution is -2.67. The molecule has 2 N–H and O–H groups in total. The average Bonchev–Trinajstić information content (AvgIpc) is 3.36. The number of benzene rings is 2. The van der Waals surface area contributed by atoms with Gasteiger partial charge < -0.3 is 15.5 Å². The summed E-state index contributed by atoms with van der Waals surface area (Å²) in [6.07, 6.45) is 5.41. The summed E-state index contributed by atoms with van der Waals surface area (Å²) in [5.74, 6) is -0.603. The van der Waals surface area contributed by atoms with Gasteiger partial charge in [-0.1, -0.05) is 68.4 Å². The molecule has 7 nitrogen and oxygen atoms in total. The number of hydrogen-bond acceptors (Lipinski definition) is 4. The van der Waals surface area contributed by atoms with Crippen LogP contribution in [0.4, 0.5) is 0 Å². The van der Waals surface area contributed by atoms with Crippen molar-refractivity contribution in [3.05, 3.63) is 89.7 Å². The number of carbonyl (C=O) groups is 3. The fourth-order valence-corrected chi connectivity index (χ4v) is 6.14. The number of pyridine rings is 1. The van der Waals surface area contributed by atoms with E-state index in [1.807, 2.05) is 83.1 Å². The van der Waals surface area contributed by atoms with Crippen molar-refractivity contribution < 1.29 is 14.4 Å². The molecule has 1 aromatic heterocycles. The molecule has 2 heterocycles. The minimum Gasteiger partial charge on any atom is -0.349 e. The lowest BCUT2D eigenvalue weighted by Gasteiger charge is -2.45. The third-order valence-corrected chi connectivity index (χ3v) is 7.95. The fourth-order valence-electron chi connectivity index (χ4n) is 6.14. The summed E-state index contributed by atoms with van der Waals surface area (Å²) >= 11 is 0. The Bertz CT molecular complexity index is 1390. The molecule has 3 aromatic rings. The van der Waals surface area contributed by atoms with Gasteiger partial charge in [0.25, 0.3) is 0 Å². The van der Waals surface area contributed by atoms with Crippen molar-refractivity contribution in [3.8, 4) is 11.1 Å². The molecule has 0 radical (unpaired) electrons. The molecule has 214 valence electrons. The summed E-state index contributed by atoms with van der Waals surface area (Å²) in [5, 5.41) is 6.18. The predicted molar refractivity (Wildman–Crippen MR) is 160 cm³/mol. The first-order valence-corrected chi connectivity index (χ1v) is 14.5. The number of piperazine rings is 1. The van der Waals surface area contributed by atoms with Gasteiger partial charge in [-0.25, -0.2) is 0 Å². The molecule has 41 heavy (non-hydrogen) atoms. The maximum absolute atomic E-state index is 14.5. The maximum Gasteiger partial charge on any atom is 0.247 e. The molecule has 1 aliphatic heterocycles. The highest BCUT2D eigenvalue weighted by Gasteiger charge is 2.49. The highest BCUT2D eigenvalue weighted by atomic mass is 16.2. The van der Waals surface area contributed by atoms with Gasteiger partial charge in [-0.05, 0) is 85.8 Å². The smallest absolute Gasteiger partial charge is 0.247 e. The number of hydrogen-bond donors (Lipinski definition) is 2. The van der Waals surface area contributed by atoms with E-state index >= 15 is 0 Å². The van der Waals surface area contributed by atoms with E-state index in [9.17, 15) is 14.4 Å². The number of aromatic nitrogens is 1. The monoisotopic (exact) mass is 552 g/mol. The molecular formula is C34H40N4O3. The van der Waals surface area contributed by atoms with E-state index in [-0.39, 0.29) is 29.6 Å². The lowest BCUT2D eigenvalue weighted by molar-refractivity contribution is -0.158. The zero-order chi connectivity index (χ0) is 29.3. The molecule has 3 amide bonds. The minimum absolute atomic E-state index is 0.0642. The van der Waals surface area contributed by atoms with Crippen molar-refractivity contribution >= 4 is 17.7 Å². The van der Waals surface area contributed by atoms with Crippen molar-refractivity contribution in [2.75, 3.05) is 0 Å². The van der Waals surface area contributed by atoms with Gasteiger partial charge in [-0.2, -0.15) is 0 Å². The summed E-state index contributed by atoms with van der Waals surface area (Å²) in [6.45, 7) is 9.82. The highest BCUT2D eigenvalue weighted by Crippen LogP contribution is 2.36. The molecular weight excluding hydrogens is 512 g/mol. The van der Waals surface area contributed by atoms with Crippen LogP contribution in [-0.2, 0) is 27.2 Å². The van der Waals surface area contributed by atoms with E-state index in [0.29, 0.717) is 24.8 Å². The molecule has 2 aromatic carbocycles. The van der Waals surface area contributed by atoms with Crippen LogP contribution in [0.3, 0.4) is 0 Å². The maximum atomic E-state index is 14.5. The zero-order valence-corrected chi connectivity index (χ0v) is 24.6. The number of nitrogens with zero attached hydrogens (tertiary/aromatic N) is 2. The second-order valence-electron chi connectivity index (χ2n) is 12.8. The van der Waals surface area contributed by atoms with Gasteiger partial charge >= 0.3 is 0 Å². The van der Waals surface area contributed by atoms with Crippen LogP contribution in [0.25, 0.3) is 11.1 Å². The van der Waals surface area contributed by atoms with Crippen LogP contribution < -0.4 is 10.6 Å². The molecule has 1 saturated heterocycles. The molecule has 7 heteroatoms. The molecule has 0 spiro atoms. The van der Waals surface area contributed by atoms with Gasteiger partial charge in [-0.3, -0.25) is 19.4 Å². The Morgan fingerprint density at radius 3 is 2.20 bits per heavy atom. The van der Waals surface area contributed by atoms with Crippen LogP contribution in [0.5, 0.6) is 0 Å². The number of rotatable bonds is 7. The Morgan fingerprint density at radius 1 is 0.976 bits per heavy atom. The second kappa shape index (κ2) is 11.5. The summed E-state index contributed by atoms with van der Waals surface area (Å²) in [5.41, 5.74) is 4.49. The summed E-state index contributed by atoms with van der Waals surface area (Å²) in [6, 6.07) is 17.3. The van der Waals surface area contributed by atoms with Crippen molar-refractivity contribution in [1.29, 1.82) is 0 Å². The van der Waals surface area contributed by atoms with Crippen molar-refractivity contribution in [3.63, 3.8) is 0 Å². The third kappa shape index (κ3) is 6.19. The third-order valence-electron chi connectivity index (χ3n) is 7.95. The molecule has 1 fully saturated rings. The molecule has 0 saturated carbocycles. The largest absolute Gasteiger partial charge is 0.349 e. The first-order chi connectivity index (χ1) is 19.5. The van der Waals surface area contributed by atoms with Crippen LogP contribution in [0.15, 0.2) is 73.1 Å². The SMILES string of the molecule is CC(C)C[C@@H]1C(=O)NC(C2Cc3ccccc3C2)C(=O)N1[C@@H](C(=O)NC(C)(C)C)c1ccc(-c2cccnc2)cc1. The minimum atomic E-state index is -0.953. The molecule has 5 rings (SSSR count). The molecule has 2 aliphatic rings. The van der Waals surface area contributed by atoms with E-state index in [1.165, 1.54) is 11.1 Å². The quantitative estimate of drug-likeness (QED) is 0.438. The lowest BCUT2D eigenvalue weighted by atomic mass is 9.87. The van der Waals surface area contributed by atoms with E-state index < -0.39 is 23.7 Å². The topological polar surface area (TPSA) is 91.4 Å². The van der Waals surface area contributed by atoms with Gasteiger partial charge in [0, 0.05) is 17.9 Å². The predicted octanol–water partition coefficient (Wildman–Crippen LogP) is 4.86. The molecule has 1 aliphatic carbocycles. The summed E-state index contributed by atoms with van der Waals surface area (Å²) in [7, 11) is 0. The average molecular weight is 553 g/mol. The Hall–Kier alpha value is -4.00. The van der Waals surface area contributed by atoms with E-state index in [4.69, 9.17) is 0 Å². The van der Waals surface area contributed by atoms with Gasteiger partial charge in [-0.15, -0.1) is 0 Å². The Labute approximate surface area is 242 Å². The van der Waals surface area contributed by atoms with Gasteiger partial charge in [0.2, 0.25) is 17.7 Å².